The van der Waals surface area contributed by atoms with Crippen molar-refractivity contribution < 1.29 is 18.3 Å². The highest BCUT2D eigenvalue weighted by atomic mass is 31.2. The molecule has 6 aromatic rings. The molecule has 7 rings (SSSR count). The minimum atomic E-state index is -3.49. The van der Waals surface area contributed by atoms with Gasteiger partial charge in [0.25, 0.3) is 0 Å². The lowest BCUT2D eigenvalue weighted by molar-refractivity contribution is 0.0379. The van der Waals surface area contributed by atoms with Crippen LogP contribution < -0.4 is 10.2 Å². The molecular weight excluding hydrogens is 683 g/mol. The summed E-state index contributed by atoms with van der Waals surface area (Å²) in [6.07, 6.45) is 3.31. The largest absolute Gasteiger partial charge is 0.362 e. The molecule has 11 heteroatoms. The Morgan fingerprint density at radius 2 is 1.26 bits per heavy atom. The maximum atomic E-state index is 13.7. The molecule has 1 aliphatic rings. The van der Waals surface area contributed by atoms with Gasteiger partial charge in [0.2, 0.25) is 11.9 Å². The summed E-state index contributed by atoms with van der Waals surface area (Å²) < 4.78 is 33.5. The molecule has 1 fully saturated rings. The summed E-state index contributed by atoms with van der Waals surface area (Å²) >= 11 is 0. The van der Waals surface area contributed by atoms with Crippen molar-refractivity contribution in [3.63, 3.8) is 0 Å². The number of para-hydroxylation sites is 1. The van der Waals surface area contributed by atoms with Gasteiger partial charge < -0.3 is 24.0 Å². The minimum Gasteiger partial charge on any atom is -0.362 e. The number of hydrogen-bond acceptors (Lipinski definition) is 9. The third-order valence-electron chi connectivity index (χ3n) is 9.38. The third-order valence-corrected chi connectivity index (χ3v) is 11.3. The Balaban J connectivity index is 1.34. The average Bonchev–Trinajstić information content (AvgIpc) is 3.83. The Morgan fingerprint density at radius 3 is 1.74 bits per heavy atom. The summed E-state index contributed by atoms with van der Waals surface area (Å²) in [6.45, 7) is 7.39. The van der Waals surface area contributed by atoms with Crippen molar-refractivity contribution in [2.45, 2.75) is 70.3 Å². The number of fused-ring (bicyclic) bond motifs is 1. The van der Waals surface area contributed by atoms with Gasteiger partial charge in [-0.3, -0.25) is 4.57 Å². The Hall–Kier alpha value is -4.86. The van der Waals surface area contributed by atoms with Crippen molar-refractivity contribution in [3.8, 4) is 0 Å². The predicted molar refractivity (Wildman–Crippen MR) is 210 cm³/mol. The fourth-order valence-electron chi connectivity index (χ4n) is 6.82. The van der Waals surface area contributed by atoms with E-state index in [9.17, 15) is 4.57 Å². The molecular formula is C42H47N6O4P. The molecule has 4 aromatic carbocycles. The van der Waals surface area contributed by atoms with E-state index in [2.05, 4.69) is 78.1 Å². The van der Waals surface area contributed by atoms with Gasteiger partial charge in [0, 0.05) is 24.7 Å². The summed E-state index contributed by atoms with van der Waals surface area (Å²) in [5, 5.41) is 8.71. The maximum absolute atomic E-state index is 13.7. The second-order valence-corrected chi connectivity index (χ2v) is 16.1. The predicted octanol–water partition coefficient (Wildman–Crippen LogP) is 9.39. The van der Waals surface area contributed by atoms with Crippen LogP contribution in [0.3, 0.4) is 0 Å². The normalized spacial score (nSPS) is 14.2. The zero-order valence-electron chi connectivity index (χ0n) is 30.9. The van der Waals surface area contributed by atoms with E-state index in [1.165, 1.54) is 0 Å². The maximum Gasteiger partial charge on any atom is 0.356 e. The van der Waals surface area contributed by atoms with E-state index < -0.39 is 18.7 Å². The highest BCUT2D eigenvalue weighted by Crippen LogP contribution is 2.54. The van der Waals surface area contributed by atoms with Gasteiger partial charge in [0.15, 0.2) is 5.65 Å². The van der Waals surface area contributed by atoms with Crippen LogP contribution in [0.15, 0.2) is 128 Å². The summed E-state index contributed by atoms with van der Waals surface area (Å²) in [7, 11) is -1.51. The van der Waals surface area contributed by atoms with Gasteiger partial charge in [-0.1, -0.05) is 109 Å². The van der Waals surface area contributed by atoms with Crippen molar-refractivity contribution in [2.24, 2.45) is 0 Å². The van der Waals surface area contributed by atoms with Crippen molar-refractivity contribution >= 4 is 30.8 Å². The Bertz CT molecular complexity index is 2050. The van der Waals surface area contributed by atoms with Crippen LogP contribution in [0.1, 0.15) is 62.8 Å². The monoisotopic (exact) mass is 730 g/mol. The smallest absolute Gasteiger partial charge is 0.356 e. The lowest BCUT2D eigenvalue weighted by Crippen LogP contribution is -2.39. The second kappa shape index (κ2) is 15.2. The highest BCUT2D eigenvalue weighted by molar-refractivity contribution is 7.53. The second-order valence-electron chi connectivity index (χ2n) is 14.2. The molecule has 2 heterocycles. The Kier molecular flexibility index (Phi) is 10.5. The van der Waals surface area contributed by atoms with Gasteiger partial charge in [0.1, 0.15) is 11.9 Å². The molecule has 0 atom stereocenters. The molecule has 0 aliphatic heterocycles. The number of nitrogens with one attached hydrogen (secondary N) is 1. The van der Waals surface area contributed by atoms with Crippen molar-refractivity contribution in [1.29, 1.82) is 0 Å². The van der Waals surface area contributed by atoms with Crippen LogP contribution in [0.2, 0.25) is 0 Å². The topological polar surface area (TPSA) is 103 Å². The van der Waals surface area contributed by atoms with Crippen LogP contribution in [-0.2, 0) is 30.3 Å². The van der Waals surface area contributed by atoms with E-state index in [-0.39, 0.29) is 18.6 Å². The number of rotatable bonds is 16. The zero-order valence-corrected chi connectivity index (χ0v) is 31.8. The molecule has 1 aliphatic carbocycles. The van der Waals surface area contributed by atoms with Crippen LogP contribution >= 0.6 is 7.60 Å². The van der Waals surface area contributed by atoms with Gasteiger partial charge in [-0.25, -0.2) is 0 Å². The minimum absolute atomic E-state index is 0.125. The van der Waals surface area contributed by atoms with E-state index in [4.69, 9.17) is 28.9 Å². The molecule has 0 radical (unpaired) electrons. The first kappa shape index (κ1) is 36.5. The number of nitrogens with zero attached hydrogens (tertiary/aromatic N) is 5. The average molecular weight is 731 g/mol. The van der Waals surface area contributed by atoms with E-state index >= 15 is 0 Å². The van der Waals surface area contributed by atoms with Crippen molar-refractivity contribution in [1.82, 2.24) is 19.6 Å². The molecule has 0 amide bonds. The molecule has 0 spiro atoms. The number of anilines is 3. The fraction of sp³-hybridized carbons (Fsp3) is 0.310. The van der Waals surface area contributed by atoms with E-state index in [1.54, 1.807) is 4.52 Å². The van der Waals surface area contributed by atoms with E-state index in [0.717, 1.165) is 40.8 Å². The molecule has 0 bridgehead atoms. The van der Waals surface area contributed by atoms with Gasteiger partial charge in [0.05, 0.1) is 24.0 Å². The first-order valence-corrected chi connectivity index (χ1v) is 19.9. The fourth-order valence-corrected chi connectivity index (χ4v) is 8.71. The van der Waals surface area contributed by atoms with Crippen LogP contribution in [0.5, 0.6) is 0 Å². The van der Waals surface area contributed by atoms with E-state index in [0.29, 0.717) is 24.0 Å². The van der Waals surface area contributed by atoms with Crippen LogP contribution in [0.25, 0.3) is 5.65 Å². The molecule has 10 nitrogen and oxygen atoms in total. The van der Waals surface area contributed by atoms with Crippen LogP contribution in [-0.4, -0.2) is 50.8 Å². The van der Waals surface area contributed by atoms with E-state index in [1.807, 2.05) is 94.4 Å². The lowest BCUT2D eigenvalue weighted by Gasteiger charge is -2.37. The number of aromatic nitrogens is 4. The van der Waals surface area contributed by atoms with Crippen molar-refractivity contribution in [3.05, 3.63) is 150 Å². The molecule has 0 saturated heterocycles. The molecule has 2 aromatic heterocycles. The number of benzene rings is 4. The summed E-state index contributed by atoms with van der Waals surface area (Å²) in [6, 6.07) is 41.3. The highest BCUT2D eigenvalue weighted by Gasteiger charge is 2.47. The summed E-state index contributed by atoms with van der Waals surface area (Å²) in [5.74, 6) is 1.02. The lowest BCUT2D eigenvalue weighted by atomic mass is 9.77. The van der Waals surface area contributed by atoms with Crippen LogP contribution in [0.4, 0.5) is 17.6 Å². The zero-order chi connectivity index (χ0) is 37.1. The SMILES string of the molecule is CC(C)OP(=O)(COC1(Cc2cnn3c(N(C)c4ccccc4)nc(NC(c4ccccc4)(c4ccccc4)c4ccccc4)nc23)CC1)OC(C)C. The van der Waals surface area contributed by atoms with Gasteiger partial charge in [-0.15, -0.1) is 0 Å². The molecule has 1 N–H and O–H groups in total. The van der Waals surface area contributed by atoms with Crippen molar-refractivity contribution in [2.75, 3.05) is 23.6 Å². The Labute approximate surface area is 311 Å². The molecule has 274 valence electrons. The first-order chi connectivity index (χ1) is 25.6. The standard InChI is InChI=1S/C42H47N6O4P/c1-31(2)51-53(49,52-32(3)4)30-50-41(26-27-41)28-33-29-43-48-38(33)44-39(45-40(48)47(5)37-24-16-9-17-25-37)46-42(34-18-10-6-11-19-34,35-20-12-7-13-21-35)36-22-14-8-15-23-36/h6-25,29,31-32H,26-28,30H2,1-5H3,(H,44,46). The quantitative estimate of drug-likeness (QED) is 0.0771. The first-order valence-electron chi connectivity index (χ1n) is 18.2. The molecule has 0 unspecified atom stereocenters. The molecule has 1 saturated carbocycles. The van der Waals surface area contributed by atoms with Crippen LogP contribution in [0, 0.1) is 0 Å². The van der Waals surface area contributed by atoms with Gasteiger partial charge >= 0.3 is 7.60 Å². The third kappa shape index (κ3) is 7.92. The number of hydrogen-bond donors (Lipinski definition) is 1. The Morgan fingerprint density at radius 1 is 0.774 bits per heavy atom. The summed E-state index contributed by atoms with van der Waals surface area (Å²) in [5.41, 5.74) is 4.22. The summed E-state index contributed by atoms with van der Waals surface area (Å²) in [4.78, 5) is 12.4. The van der Waals surface area contributed by atoms with Gasteiger partial charge in [-0.2, -0.15) is 19.6 Å². The molecule has 53 heavy (non-hydrogen) atoms. The van der Waals surface area contributed by atoms with Gasteiger partial charge in [-0.05, 0) is 69.4 Å². The number of ether oxygens (including phenoxy) is 1.